The van der Waals surface area contributed by atoms with E-state index in [2.05, 4.69) is 5.32 Å². The molecule has 0 aromatic carbocycles. The average Bonchev–Trinajstić information content (AvgIpc) is 2.31. The first-order valence-electron chi connectivity index (χ1n) is 3.79. The van der Waals surface area contributed by atoms with Gasteiger partial charge in [-0.2, -0.15) is 0 Å². The van der Waals surface area contributed by atoms with Crippen LogP contribution in [0.1, 0.15) is 13.3 Å². The summed E-state index contributed by atoms with van der Waals surface area (Å²) in [6, 6.07) is 0. The van der Waals surface area contributed by atoms with E-state index in [1.165, 1.54) is 6.92 Å². The molecule has 4 N–H and O–H groups in total. The van der Waals surface area contributed by atoms with Crippen LogP contribution in [0.15, 0.2) is 0 Å². The van der Waals surface area contributed by atoms with Crippen molar-refractivity contribution in [1.82, 2.24) is 5.32 Å². The van der Waals surface area contributed by atoms with Gasteiger partial charge in [-0.1, -0.05) is 0 Å². The highest BCUT2D eigenvalue weighted by Gasteiger charge is 2.47. The number of carbonyl (C=O) groups is 1. The summed E-state index contributed by atoms with van der Waals surface area (Å²) in [5.41, 5.74) is -2.08. The topological polar surface area (TPSA) is 107 Å². The quantitative estimate of drug-likeness (QED) is 0.451. The van der Waals surface area contributed by atoms with Crippen molar-refractivity contribution >= 4 is 13.6 Å². The zero-order chi connectivity index (χ0) is 10.3. The van der Waals surface area contributed by atoms with Crippen molar-refractivity contribution < 1.29 is 24.3 Å². The van der Waals surface area contributed by atoms with Crippen molar-refractivity contribution in [2.24, 2.45) is 0 Å². The molecule has 0 spiro atoms. The summed E-state index contributed by atoms with van der Waals surface area (Å²) in [7, 11) is -4.16. The van der Waals surface area contributed by atoms with Gasteiger partial charge in [0.25, 0.3) is 0 Å². The normalized spacial score (nSPS) is 34.8. The fourth-order valence-electron chi connectivity index (χ4n) is 1.36. The Morgan fingerprint density at radius 3 is 2.38 bits per heavy atom. The van der Waals surface area contributed by atoms with Crippen LogP contribution in [-0.4, -0.2) is 38.6 Å². The maximum Gasteiger partial charge on any atom is 0.329 e. The summed E-state index contributed by atoms with van der Waals surface area (Å²) < 4.78 is 10.8. The molecule has 0 bridgehead atoms. The van der Waals surface area contributed by atoms with Gasteiger partial charge in [-0.05, 0) is 13.3 Å². The van der Waals surface area contributed by atoms with Crippen LogP contribution in [-0.2, 0) is 9.36 Å². The van der Waals surface area contributed by atoms with E-state index in [4.69, 9.17) is 14.9 Å². The molecule has 1 aliphatic heterocycles. The van der Waals surface area contributed by atoms with Crippen LogP contribution in [0.4, 0.5) is 0 Å². The zero-order valence-corrected chi connectivity index (χ0v) is 7.99. The van der Waals surface area contributed by atoms with E-state index in [0.717, 1.165) is 0 Å². The number of hydrogen-bond donors (Lipinski definition) is 4. The summed E-state index contributed by atoms with van der Waals surface area (Å²) in [5, 5.41) is 11.3. The van der Waals surface area contributed by atoms with Crippen molar-refractivity contribution in [3.8, 4) is 0 Å². The lowest BCUT2D eigenvalue weighted by Crippen LogP contribution is -2.44. The minimum absolute atomic E-state index is 0.0351. The highest BCUT2D eigenvalue weighted by molar-refractivity contribution is 7.52. The molecule has 0 unspecified atom stereocenters. The van der Waals surface area contributed by atoms with Crippen LogP contribution >= 0.6 is 7.60 Å². The van der Waals surface area contributed by atoms with Crippen LogP contribution in [0, 0.1) is 0 Å². The fourth-order valence-corrected chi connectivity index (χ4v) is 2.29. The Labute approximate surface area is 75.1 Å². The number of aliphatic carboxylic acids is 1. The van der Waals surface area contributed by atoms with Crippen LogP contribution in [0.25, 0.3) is 0 Å². The number of carboxylic acid groups (broad SMARTS) is 1. The molecule has 1 fully saturated rings. The van der Waals surface area contributed by atoms with Gasteiger partial charge >= 0.3 is 13.6 Å². The molecule has 1 heterocycles. The molecule has 7 heteroatoms. The molecule has 0 amide bonds. The molecule has 0 aliphatic carbocycles. The second kappa shape index (κ2) is 3.06. The lowest BCUT2D eigenvalue weighted by atomic mass is 10.0. The first-order valence-corrected chi connectivity index (χ1v) is 5.47. The second-order valence-electron chi connectivity index (χ2n) is 3.47. The SMILES string of the molecule is C[C@@]1(C(=O)O)C[C@@H](P(=O)(O)O)CN1. The Kier molecular flexibility index (Phi) is 2.51. The van der Waals surface area contributed by atoms with Gasteiger partial charge in [0.1, 0.15) is 5.54 Å². The molecule has 0 aromatic rings. The molecule has 0 aromatic heterocycles. The molecule has 0 radical (unpaired) electrons. The molecule has 13 heavy (non-hydrogen) atoms. The lowest BCUT2D eigenvalue weighted by molar-refractivity contribution is -0.143. The molecule has 2 atom stereocenters. The number of hydrogen-bond acceptors (Lipinski definition) is 3. The van der Waals surface area contributed by atoms with Crippen molar-refractivity contribution in [3.63, 3.8) is 0 Å². The van der Waals surface area contributed by atoms with Crippen molar-refractivity contribution in [1.29, 1.82) is 0 Å². The first kappa shape index (κ1) is 10.7. The molecule has 1 rings (SSSR count). The third-order valence-electron chi connectivity index (χ3n) is 2.32. The predicted octanol–water partition coefficient (Wildman–Crippen LogP) is -0.631. The zero-order valence-electron chi connectivity index (χ0n) is 7.10. The van der Waals surface area contributed by atoms with Gasteiger partial charge in [0, 0.05) is 6.54 Å². The third-order valence-corrected chi connectivity index (χ3v) is 3.64. The summed E-state index contributed by atoms with van der Waals surface area (Å²) >= 11 is 0. The van der Waals surface area contributed by atoms with E-state index in [1.807, 2.05) is 0 Å². The third kappa shape index (κ3) is 2.08. The van der Waals surface area contributed by atoms with E-state index < -0.39 is 24.8 Å². The summed E-state index contributed by atoms with van der Waals surface area (Å²) in [6.45, 7) is 1.47. The van der Waals surface area contributed by atoms with Crippen molar-refractivity contribution in [2.75, 3.05) is 6.54 Å². The minimum atomic E-state index is -4.16. The highest BCUT2D eigenvalue weighted by Crippen LogP contribution is 2.46. The summed E-state index contributed by atoms with van der Waals surface area (Å²) in [6.07, 6.45) is -0.0351. The monoisotopic (exact) mass is 209 g/mol. The number of rotatable bonds is 2. The predicted molar refractivity (Wildman–Crippen MR) is 44.5 cm³/mol. The van der Waals surface area contributed by atoms with E-state index in [1.54, 1.807) is 0 Å². The molecule has 0 saturated carbocycles. The Balaban J connectivity index is 2.75. The van der Waals surface area contributed by atoms with Gasteiger partial charge in [0.2, 0.25) is 0 Å². The maximum atomic E-state index is 10.8. The Bertz CT molecular complexity index is 274. The number of nitrogens with one attached hydrogen (secondary N) is 1. The van der Waals surface area contributed by atoms with Gasteiger partial charge < -0.3 is 20.2 Å². The first-order chi connectivity index (χ1) is 5.76. The largest absolute Gasteiger partial charge is 0.480 e. The Morgan fingerprint density at radius 2 is 2.15 bits per heavy atom. The van der Waals surface area contributed by atoms with Gasteiger partial charge in [-0.25, -0.2) is 0 Å². The molecule has 76 valence electrons. The smallest absolute Gasteiger partial charge is 0.329 e. The van der Waals surface area contributed by atoms with E-state index >= 15 is 0 Å². The highest BCUT2D eigenvalue weighted by atomic mass is 31.2. The minimum Gasteiger partial charge on any atom is -0.480 e. The Morgan fingerprint density at radius 1 is 1.62 bits per heavy atom. The van der Waals surface area contributed by atoms with Gasteiger partial charge in [0.05, 0.1) is 5.66 Å². The van der Waals surface area contributed by atoms with Gasteiger partial charge in [-0.3, -0.25) is 9.36 Å². The summed E-state index contributed by atoms with van der Waals surface area (Å²) in [4.78, 5) is 28.3. The van der Waals surface area contributed by atoms with Crippen molar-refractivity contribution in [3.05, 3.63) is 0 Å². The molecule has 1 aliphatic rings. The van der Waals surface area contributed by atoms with Gasteiger partial charge in [-0.15, -0.1) is 0 Å². The lowest BCUT2D eigenvalue weighted by Gasteiger charge is -2.18. The van der Waals surface area contributed by atoms with Crippen molar-refractivity contribution in [2.45, 2.75) is 24.5 Å². The van der Waals surface area contributed by atoms with E-state index in [0.29, 0.717) is 0 Å². The standard InChI is InChI=1S/C6H12NO5P/c1-6(5(8)9)2-4(3-7-6)13(10,11)12/h4,7H,2-3H2,1H3,(H,8,9)(H2,10,11,12)/t4-,6+/m1/s1. The molecular formula is C6H12NO5P. The number of carboxylic acids is 1. The van der Waals surface area contributed by atoms with E-state index in [-0.39, 0.29) is 13.0 Å². The second-order valence-corrected chi connectivity index (χ2v) is 5.37. The fraction of sp³-hybridized carbons (Fsp3) is 0.833. The molecule has 1 saturated heterocycles. The van der Waals surface area contributed by atoms with Crippen LogP contribution in [0.2, 0.25) is 0 Å². The summed E-state index contributed by atoms with van der Waals surface area (Å²) in [5.74, 6) is -1.08. The molecular weight excluding hydrogens is 197 g/mol. The van der Waals surface area contributed by atoms with Gasteiger partial charge in [0.15, 0.2) is 0 Å². The molecule has 6 nitrogen and oxygen atoms in total. The Hall–Kier alpha value is -0.420. The van der Waals surface area contributed by atoms with Crippen LogP contribution in [0.5, 0.6) is 0 Å². The van der Waals surface area contributed by atoms with Crippen LogP contribution in [0.3, 0.4) is 0 Å². The average molecular weight is 209 g/mol. The van der Waals surface area contributed by atoms with Crippen LogP contribution < -0.4 is 5.32 Å². The maximum absolute atomic E-state index is 10.8. The van der Waals surface area contributed by atoms with E-state index in [9.17, 15) is 9.36 Å².